The second-order valence-corrected chi connectivity index (χ2v) is 5.92. The van der Waals surface area contributed by atoms with E-state index in [1.54, 1.807) is 0 Å². The van der Waals surface area contributed by atoms with Crippen molar-refractivity contribution in [3.8, 4) is 0 Å². The number of rotatable bonds is 3. The molecule has 0 aliphatic carbocycles. The van der Waals surface area contributed by atoms with E-state index in [1.165, 1.54) is 12.1 Å². The maximum Gasteiger partial charge on any atom is 0.150 e. The van der Waals surface area contributed by atoms with Crippen LogP contribution in [0.5, 0.6) is 0 Å². The fourth-order valence-corrected chi connectivity index (χ4v) is 3.39. The van der Waals surface area contributed by atoms with E-state index in [9.17, 15) is 8.78 Å². The summed E-state index contributed by atoms with van der Waals surface area (Å²) >= 11 is 4.95. The lowest BCUT2D eigenvalue weighted by atomic mass is 10.1. The summed E-state index contributed by atoms with van der Waals surface area (Å²) in [6.07, 6.45) is 1.12. The molecule has 0 bridgehead atoms. The molecule has 5 heteroatoms. The molecule has 1 saturated heterocycles. The summed E-state index contributed by atoms with van der Waals surface area (Å²) in [6, 6.07) is 2.55. The van der Waals surface area contributed by atoms with Crippen LogP contribution in [0.25, 0.3) is 0 Å². The van der Waals surface area contributed by atoms with Crippen molar-refractivity contribution in [1.29, 1.82) is 0 Å². The Hall–Kier alpha value is -0.290. The molecule has 1 unspecified atom stereocenters. The molecule has 0 aromatic heterocycles. The number of anilines is 1. The number of benzene rings is 1. The molecule has 1 nitrogen and oxygen atoms in total. The highest BCUT2D eigenvalue weighted by molar-refractivity contribution is 9.10. The van der Waals surface area contributed by atoms with Crippen LogP contribution in [0.2, 0.25) is 0 Å². The van der Waals surface area contributed by atoms with Gasteiger partial charge in [-0.15, -0.1) is 0 Å². The number of thioether (sulfide) groups is 1. The first kappa shape index (κ1) is 12.2. The van der Waals surface area contributed by atoms with Crippen LogP contribution >= 0.6 is 27.7 Å². The van der Waals surface area contributed by atoms with E-state index in [-0.39, 0.29) is 5.69 Å². The van der Waals surface area contributed by atoms with E-state index in [0.29, 0.717) is 16.9 Å². The van der Waals surface area contributed by atoms with E-state index in [4.69, 9.17) is 0 Å². The molecule has 1 aromatic carbocycles. The highest BCUT2D eigenvalue weighted by Crippen LogP contribution is 2.27. The zero-order valence-electron chi connectivity index (χ0n) is 8.60. The van der Waals surface area contributed by atoms with Crippen LogP contribution in [-0.2, 0) is 0 Å². The van der Waals surface area contributed by atoms with Gasteiger partial charge >= 0.3 is 0 Å². The van der Waals surface area contributed by atoms with Gasteiger partial charge in [0, 0.05) is 11.0 Å². The van der Waals surface area contributed by atoms with Gasteiger partial charge in [-0.3, -0.25) is 0 Å². The van der Waals surface area contributed by atoms with Crippen molar-refractivity contribution < 1.29 is 8.78 Å². The second kappa shape index (κ2) is 5.36. The lowest BCUT2D eigenvalue weighted by Gasteiger charge is -2.12. The largest absolute Gasteiger partial charge is 0.380 e. The van der Waals surface area contributed by atoms with Crippen LogP contribution < -0.4 is 5.32 Å². The minimum absolute atomic E-state index is 0.0138. The average Bonchev–Trinajstić information content (AvgIpc) is 2.68. The third-order valence-electron chi connectivity index (χ3n) is 2.60. The molecule has 1 fully saturated rings. The fraction of sp³-hybridized carbons (Fsp3) is 0.455. The zero-order chi connectivity index (χ0) is 11.5. The monoisotopic (exact) mass is 307 g/mol. The SMILES string of the molecule is Fc1cc(Br)cc(F)c1NCC1CCSC1. The molecule has 1 heterocycles. The smallest absolute Gasteiger partial charge is 0.150 e. The molecular weight excluding hydrogens is 296 g/mol. The first-order valence-corrected chi connectivity index (χ1v) is 7.07. The maximum atomic E-state index is 13.4. The standard InChI is InChI=1S/C11H12BrF2NS/c12-8-3-9(13)11(10(14)4-8)15-5-7-1-2-16-6-7/h3-4,7,15H,1-2,5-6H2. The first-order chi connectivity index (χ1) is 7.66. The maximum absolute atomic E-state index is 13.4. The topological polar surface area (TPSA) is 12.0 Å². The molecular formula is C11H12BrF2NS. The molecule has 1 atom stereocenters. The third-order valence-corrected chi connectivity index (χ3v) is 4.29. The Morgan fingerprint density at radius 2 is 2.06 bits per heavy atom. The molecule has 1 N–H and O–H groups in total. The Labute approximate surface area is 106 Å². The van der Waals surface area contributed by atoms with E-state index >= 15 is 0 Å². The van der Waals surface area contributed by atoms with Gasteiger partial charge in [0.2, 0.25) is 0 Å². The van der Waals surface area contributed by atoms with Crippen molar-refractivity contribution in [1.82, 2.24) is 0 Å². The van der Waals surface area contributed by atoms with Crippen LogP contribution in [0.15, 0.2) is 16.6 Å². The van der Waals surface area contributed by atoms with E-state index in [0.717, 1.165) is 17.9 Å². The van der Waals surface area contributed by atoms with Crippen molar-refractivity contribution in [3.63, 3.8) is 0 Å². The van der Waals surface area contributed by atoms with Crippen LogP contribution in [-0.4, -0.2) is 18.1 Å². The molecule has 2 rings (SSSR count). The average molecular weight is 308 g/mol. The van der Waals surface area contributed by atoms with Crippen LogP contribution in [0, 0.1) is 17.6 Å². The number of halogens is 3. The second-order valence-electron chi connectivity index (χ2n) is 3.85. The van der Waals surface area contributed by atoms with Crippen molar-refractivity contribution >= 4 is 33.4 Å². The van der Waals surface area contributed by atoms with Gasteiger partial charge in [-0.05, 0) is 36.0 Å². The number of hydrogen-bond donors (Lipinski definition) is 1. The molecule has 0 saturated carbocycles. The Kier molecular flexibility index (Phi) is 4.08. The Morgan fingerprint density at radius 1 is 1.38 bits per heavy atom. The summed E-state index contributed by atoms with van der Waals surface area (Å²) in [5.74, 6) is 1.66. The minimum atomic E-state index is -0.544. The Bertz CT molecular complexity index is 357. The van der Waals surface area contributed by atoms with Crippen molar-refractivity contribution in [3.05, 3.63) is 28.2 Å². The van der Waals surface area contributed by atoms with Gasteiger partial charge < -0.3 is 5.32 Å². The van der Waals surface area contributed by atoms with Gasteiger partial charge in [0.05, 0.1) is 0 Å². The summed E-state index contributed by atoms with van der Waals surface area (Å²) in [6.45, 7) is 0.641. The van der Waals surface area contributed by atoms with Crippen molar-refractivity contribution in [2.24, 2.45) is 5.92 Å². The third kappa shape index (κ3) is 2.88. The first-order valence-electron chi connectivity index (χ1n) is 5.13. The molecule has 88 valence electrons. The number of hydrogen-bond acceptors (Lipinski definition) is 2. The highest BCUT2D eigenvalue weighted by Gasteiger charge is 2.17. The van der Waals surface area contributed by atoms with Gasteiger partial charge in [-0.2, -0.15) is 11.8 Å². The van der Waals surface area contributed by atoms with Crippen molar-refractivity contribution in [2.75, 3.05) is 23.4 Å². The van der Waals surface area contributed by atoms with Gasteiger partial charge in [0.1, 0.15) is 17.3 Å². The lowest BCUT2D eigenvalue weighted by molar-refractivity contribution is 0.576. The summed E-state index contributed by atoms with van der Waals surface area (Å²) in [5, 5.41) is 2.87. The fourth-order valence-electron chi connectivity index (χ4n) is 1.70. The minimum Gasteiger partial charge on any atom is -0.380 e. The summed E-state index contributed by atoms with van der Waals surface area (Å²) in [4.78, 5) is 0. The van der Waals surface area contributed by atoms with E-state index in [1.807, 2.05) is 11.8 Å². The van der Waals surface area contributed by atoms with Gasteiger partial charge in [0.15, 0.2) is 0 Å². The van der Waals surface area contributed by atoms with Crippen molar-refractivity contribution in [2.45, 2.75) is 6.42 Å². The lowest BCUT2D eigenvalue weighted by Crippen LogP contribution is -2.15. The summed E-state index contributed by atoms with van der Waals surface area (Å²) in [7, 11) is 0. The molecule has 16 heavy (non-hydrogen) atoms. The quantitative estimate of drug-likeness (QED) is 0.909. The molecule has 0 amide bonds. The van der Waals surface area contributed by atoms with E-state index < -0.39 is 11.6 Å². The Balaban J connectivity index is 2.03. The van der Waals surface area contributed by atoms with Gasteiger partial charge in [-0.25, -0.2) is 8.78 Å². The molecule has 0 spiro atoms. The summed E-state index contributed by atoms with van der Waals surface area (Å²) in [5.41, 5.74) is -0.0138. The van der Waals surface area contributed by atoms with E-state index in [2.05, 4.69) is 21.2 Å². The van der Waals surface area contributed by atoms with Crippen LogP contribution in [0.3, 0.4) is 0 Å². The molecule has 1 aromatic rings. The van der Waals surface area contributed by atoms with Crippen LogP contribution in [0.4, 0.5) is 14.5 Å². The van der Waals surface area contributed by atoms with Gasteiger partial charge in [0.25, 0.3) is 0 Å². The Morgan fingerprint density at radius 3 is 2.62 bits per heavy atom. The predicted molar refractivity (Wildman–Crippen MR) is 68.0 cm³/mol. The van der Waals surface area contributed by atoms with Crippen LogP contribution in [0.1, 0.15) is 6.42 Å². The zero-order valence-corrected chi connectivity index (χ0v) is 11.0. The molecule has 1 aliphatic heterocycles. The highest BCUT2D eigenvalue weighted by atomic mass is 79.9. The molecule has 0 radical (unpaired) electrons. The summed E-state index contributed by atoms with van der Waals surface area (Å²) < 4.78 is 27.3. The van der Waals surface area contributed by atoms with Gasteiger partial charge in [-0.1, -0.05) is 15.9 Å². The molecule has 1 aliphatic rings. The number of nitrogens with one attached hydrogen (secondary N) is 1. The normalized spacial score (nSPS) is 20.1. The predicted octanol–water partition coefficient (Wildman–Crippen LogP) is 3.89.